The molecule has 1 aromatic rings. The van der Waals surface area contributed by atoms with Gasteiger partial charge in [-0.25, -0.2) is 4.98 Å². The Hall–Kier alpha value is -0.640. The molecule has 0 aromatic carbocycles. The fourth-order valence-corrected chi connectivity index (χ4v) is 2.31. The van der Waals surface area contributed by atoms with Crippen molar-refractivity contribution in [3.05, 3.63) is 28.5 Å². The second-order valence-corrected chi connectivity index (χ2v) is 4.46. The third-order valence-corrected chi connectivity index (χ3v) is 3.30. The molecule has 4 heteroatoms. The van der Waals surface area contributed by atoms with Gasteiger partial charge in [-0.3, -0.25) is 4.90 Å². The monoisotopic (exact) mass is 224 g/mol. The Morgan fingerprint density at radius 1 is 1.40 bits per heavy atom. The molecule has 1 saturated heterocycles. The average Bonchev–Trinajstić information content (AvgIpc) is 2.92. The van der Waals surface area contributed by atoms with Gasteiger partial charge in [0, 0.05) is 25.6 Å². The summed E-state index contributed by atoms with van der Waals surface area (Å²) in [5.74, 6) is 0.524. The summed E-state index contributed by atoms with van der Waals surface area (Å²) in [6.45, 7) is 4.87. The summed E-state index contributed by atoms with van der Waals surface area (Å²) in [4.78, 5) is 6.75. The van der Waals surface area contributed by atoms with Gasteiger partial charge in [0.1, 0.15) is 5.15 Å². The average molecular weight is 225 g/mol. The number of pyridine rings is 1. The number of ether oxygens (including phenoxy) is 1. The van der Waals surface area contributed by atoms with Crippen LogP contribution in [0.2, 0.25) is 5.15 Å². The van der Waals surface area contributed by atoms with Crippen molar-refractivity contribution in [3.63, 3.8) is 0 Å². The summed E-state index contributed by atoms with van der Waals surface area (Å²) in [5, 5.41) is 0.609. The molecule has 1 aromatic heterocycles. The largest absolute Gasteiger partial charge is 0.379 e. The van der Waals surface area contributed by atoms with E-state index in [0.29, 0.717) is 11.1 Å². The van der Waals surface area contributed by atoms with Gasteiger partial charge in [-0.1, -0.05) is 17.7 Å². The summed E-state index contributed by atoms with van der Waals surface area (Å²) < 4.78 is 5.32. The summed E-state index contributed by atoms with van der Waals surface area (Å²) >= 11 is 5.84. The van der Waals surface area contributed by atoms with Gasteiger partial charge < -0.3 is 4.74 Å². The third-order valence-electron chi connectivity index (χ3n) is 3.09. The predicted octanol–water partition coefficient (Wildman–Crippen LogP) is 1.51. The zero-order valence-electron chi connectivity index (χ0n) is 8.45. The van der Waals surface area contributed by atoms with Crippen LogP contribution in [0.4, 0.5) is 0 Å². The summed E-state index contributed by atoms with van der Waals surface area (Å²) in [7, 11) is 0. The minimum atomic E-state index is 0.524. The summed E-state index contributed by atoms with van der Waals surface area (Å²) in [6, 6.07) is 3.97. The first-order valence-electron chi connectivity index (χ1n) is 5.31. The smallest absolute Gasteiger partial charge is 0.129 e. The molecule has 80 valence electrons. The highest BCUT2D eigenvalue weighted by Crippen LogP contribution is 2.42. The highest BCUT2D eigenvalue weighted by molar-refractivity contribution is 6.29. The van der Waals surface area contributed by atoms with E-state index in [-0.39, 0.29) is 0 Å². The van der Waals surface area contributed by atoms with Crippen molar-refractivity contribution in [2.75, 3.05) is 32.8 Å². The lowest BCUT2D eigenvalue weighted by Crippen LogP contribution is -2.37. The van der Waals surface area contributed by atoms with E-state index in [1.165, 1.54) is 11.3 Å². The molecular formula is C11H13ClN2O. The third kappa shape index (κ3) is 1.87. The molecule has 1 atom stereocenters. The van der Waals surface area contributed by atoms with Gasteiger partial charge in [-0.05, 0) is 11.6 Å². The Bertz CT molecular complexity index is 377. The van der Waals surface area contributed by atoms with Crippen LogP contribution < -0.4 is 0 Å². The highest BCUT2D eigenvalue weighted by Gasteiger charge is 2.36. The number of hydrogen-bond donors (Lipinski definition) is 0. The number of rotatable bonds is 2. The van der Waals surface area contributed by atoms with E-state index in [9.17, 15) is 0 Å². The molecule has 1 aliphatic carbocycles. The lowest BCUT2D eigenvalue weighted by molar-refractivity contribution is 0.0379. The van der Waals surface area contributed by atoms with E-state index in [4.69, 9.17) is 16.3 Å². The minimum absolute atomic E-state index is 0.524. The molecule has 0 amide bonds. The number of hydrogen-bond acceptors (Lipinski definition) is 3. The number of halogens is 1. The maximum Gasteiger partial charge on any atom is 0.129 e. The molecule has 15 heavy (non-hydrogen) atoms. The van der Waals surface area contributed by atoms with Crippen LogP contribution in [0.25, 0.3) is 0 Å². The molecular weight excluding hydrogens is 212 g/mol. The zero-order valence-corrected chi connectivity index (χ0v) is 9.20. The quantitative estimate of drug-likeness (QED) is 0.713. The van der Waals surface area contributed by atoms with E-state index >= 15 is 0 Å². The second kappa shape index (κ2) is 3.74. The van der Waals surface area contributed by atoms with Gasteiger partial charge in [0.15, 0.2) is 0 Å². The molecule has 3 rings (SSSR count). The van der Waals surface area contributed by atoms with Crippen molar-refractivity contribution >= 4 is 11.6 Å². The van der Waals surface area contributed by atoms with Crippen molar-refractivity contribution in [1.82, 2.24) is 9.88 Å². The fourth-order valence-electron chi connectivity index (χ4n) is 2.16. The highest BCUT2D eigenvalue weighted by atomic mass is 35.5. The van der Waals surface area contributed by atoms with Crippen molar-refractivity contribution in [2.24, 2.45) is 0 Å². The van der Waals surface area contributed by atoms with Crippen LogP contribution in [-0.2, 0) is 4.74 Å². The van der Waals surface area contributed by atoms with Crippen molar-refractivity contribution < 1.29 is 4.74 Å². The normalized spacial score (nSPS) is 25.0. The Balaban J connectivity index is 1.63. The van der Waals surface area contributed by atoms with Crippen LogP contribution in [0.15, 0.2) is 12.1 Å². The second-order valence-electron chi connectivity index (χ2n) is 4.07. The van der Waals surface area contributed by atoms with E-state index in [1.807, 2.05) is 6.07 Å². The Morgan fingerprint density at radius 2 is 2.20 bits per heavy atom. The maximum absolute atomic E-state index is 5.84. The van der Waals surface area contributed by atoms with E-state index < -0.39 is 0 Å². The molecule has 0 radical (unpaired) electrons. The lowest BCUT2D eigenvalue weighted by Gasteiger charge is -2.26. The Kier molecular flexibility index (Phi) is 2.39. The van der Waals surface area contributed by atoms with Gasteiger partial charge >= 0.3 is 0 Å². The van der Waals surface area contributed by atoms with Gasteiger partial charge in [0.2, 0.25) is 0 Å². The van der Waals surface area contributed by atoms with E-state index in [2.05, 4.69) is 16.0 Å². The first-order chi connectivity index (χ1) is 7.34. The molecule has 1 unspecified atom stereocenters. The topological polar surface area (TPSA) is 25.4 Å². The summed E-state index contributed by atoms with van der Waals surface area (Å²) in [5.41, 5.74) is 2.56. The van der Waals surface area contributed by atoms with Gasteiger partial charge in [0.25, 0.3) is 0 Å². The number of aromatic nitrogens is 1. The van der Waals surface area contributed by atoms with Crippen LogP contribution in [0, 0.1) is 0 Å². The molecule has 1 aliphatic heterocycles. The van der Waals surface area contributed by atoms with Crippen LogP contribution >= 0.6 is 11.6 Å². The van der Waals surface area contributed by atoms with Crippen LogP contribution in [0.5, 0.6) is 0 Å². The van der Waals surface area contributed by atoms with Crippen molar-refractivity contribution in [1.29, 1.82) is 0 Å². The molecule has 0 spiro atoms. The van der Waals surface area contributed by atoms with Gasteiger partial charge in [-0.15, -0.1) is 0 Å². The van der Waals surface area contributed by atoms with Crippen molar-refractivity contribution in [3.8, 4) is 0 Å². The Morgan fingerprint density at radius 3 is 2.93 bits per heavy atom. The maximum atomic E-state index is 5.84. The van der Waals surface area contributed by atoms with E-state index in [0.717, 1.165) is 32.8 Å². The first-order valence-corrected chi connectivity index (χ1v) is 5.69. The molecule has 3 nitrogen and oxygen atoms in total. The first kappa shape index (κ1) is 9.58. The number of morpholine rings is 1. The summed E-state index contributed by atoms with van der Waals surface area (Å²) in [6.07, 6.45) is 0. The predicted molar refractivity (Wildman–Crippen MR) is 58.3 cm³/mol. The molecule has 2 aliphatic rings. The van der Waals surface area contributed by atoms with Gasteiger partial charge in [0.05, 0.1) is 18.9 Å². The zero-order chi connectivity index (χ0) is 10.3. The standard InChI is InChI=1S/C11H13ClN2O/c12-10-2-1-8-9(11(8)13-10)7-14-3-5-15-6-4-14/h1-2,9H,3-7H2. The molecule has 1 fully saturated rings. The van der Waals surface area contributed by atoms with E-state index in [1.54, 1.807) is 0 Å². The molecule has 0 saturated carbocycles. The van der Waals surface area contributed by atoms with Crippen LogP contribution in [0.3, 0.4) is 0 Å². The number of fused-ring (bicyclic) bond motifs is 1. The van der Waals surface area contributed by atoms with Gasteiger partial charge in [-0.2, -0.15) is 0 Å². The molecule has 0 N–H and O–H groups in total. The molecule has 2 heterocycles. The lowest BCUT2D eigenvalue weighted by atomic mass is 10.3. The fraction of sp³-hybridized carbons (Fsp3) is 0.545. The molecule has 0 bridgehead atoms. The Labute approximate surface area is 94.0 Å². The van der Waals surface area contributed by atoms with Crippen molar-refractivity contribution in [2.45, 2.75) is 5.92 Å². The number of nitrogens with zero attached hydrogens (tertiary/aromatic N) is 2. The van der Waals surface area contributed by atoms with Crippen LogP contribution in [0.1, 0.15) is 17.2 Å². The minimum Gasteiger partial charge on any atom is -0.379 e. The van der Waals surface area contributed by atoms with Crippen LogP contribution in [-0.4, -0.2) is 42.7 Å². The SMILES string of the molecule is Clc1ccc2c(n1)C2CN1CCOCC1.